The molecule has 0 saturated carbocycles. The average Bonchev–Trinajstić information content (AvgIpc) is 2.40. The summed E-state index contributed by atoms with van der Waals surface area (Å²) in [5.74, 6) is 0. The van der Waals surface area contributed by atoms with E-state index in [-0.39, 0.29) is 12.6 Å². The van der Waals surface area contributed by atoms with Crippen molar-refractivity contribution in [3.8, 4) is 0 Å². The van der Waals surface area contributed by atoms with Crippen LogP contribution in [0, 0.1) is 0 Å². The van der Waals surface area contributed by atoms with Gasteiger partial charge in [0.25, 0.3) is 0 Å². The second kappa shape index (κ2) is 8.86. The van der Waals surface area contributed by atoms with Gasteiger partial charge < -0.3 is 20.2 Å². The molecule has 1 aliphatic rings. The second-order valence-electron chi connectivity index (χ2n) is 5.47. The van der Waals surface area contributed by atoms with E-state index in [0.717, 1.165) is 25.9 Å². The van der Waals surface area contributed by atoms with Crippen molar-refractivity contribution in [1.29, 1.82) is 0 Å². The second-order valence-corrected chi connectivity index (χ2v) is 5.47. The highest BCUT2D eigenvalue weighted by Crippen LogP contribution is 2.11. The van der Waals surface area contributed by atoms with Crippen LogP contribution in [0.15, 0.2) is 0 Å². The lowest BCUT2D eigenvalue weighted by atomic mass is 10.1. The Bertz CT molecular complexity index is 213. The van der Waals surface area contributed by atoms with Gasteiger partial charge in [0.15, 0.2) is 0 Å². The number of nitrogens with one attached hydrogen (secondary N) is 1. The molecule has 0 amide bonds. The van der Waals surface area contributed by atoms with Crippen molar-refractivity contribution in [3.05, 3.63) is 0 Å². The highest BCUT2D eigenvalue weighted by Gasteiger charge is 2.22. The molecule has 0 radical (unpaired) electrons. The lowest BCUT2D eigenvalue weighted by molar-refractivity contribution is 0.0876. The van der Waals surface area contributed by atoms with Crippen LogP contribution >= 0.6 is 0 Å². The molecule has 108 valence electrons. The highest BCUT2D eigenvalue weighted by molar-refractivity contribution is 4.80. The molecule has 1 rings (SSSR count). The molecule has 2 N–H and O–H groups in total. The first-order valence-electron chi connectivity index (χ1n) is 7.48. The molecular weight excluding hydrogens is 226 g/mol. The zero-order chi connectivity index (χ0) is 13.4. The maximum Gasteiger partial charge on any atom is 0.0585 e. The Morgan fingerprint density at radius 1 is 1.33 bits per heavy atom. The van der Waals surface area contributed by atoms with E-state index in [1.807, 2.05) is 0 Å². The number of likely N-dealkylation sites (N-methyl/N-ethyl adjacent to an activating group) is 1. The Balaban J connectivity index is 2.25. The van der Waals surface area contributed by atoms with Crippen LogP contribution in [0.25, 0.3) is 0 Å². The summed E-state index contributed by atoms with van der Waals surface area (Å²) in [6.07, 6.45) is 3.41. The van der Waals surface area contributed by atoms with Gasteiger partial charge in [-0.1, -0.05) is 13.8 Å². The van der Waals surface area contributed by atoms with Crippen molar-refractivity contribution in [2.45, 2.75) is 45.2 Å². The van der Waals surface area contributed by atoms with Gasteiger partial charge >= 0.3 is 0 Å². The van der Waals surface area contributed by atoms with Crippen LogP contribution in [0.3, 0.4) is 0 Å². The smallest absolute Gasteiger partial charge is 0.0585 e. The molecule has 4 heteroatoms. The summed E-state index contributed by atoms with van der Waals surface area (Å²) >= 11 is 0. The summed E-state index contributed by atoms with van der Waals surface area (Å²) in [4.78, 5) is 5.01. The minimum Gasteiger partial charge on any atom is -0.395 e. The van der Waals surface area contributed by atoms with Gasteiger partial charge in [0.1, 0.15) is 0 Å². The number of aliphatic hydroxyl groups is 1. The van der Waals surface area contributed by atoms with Crippen molar-refractivity contribution in [1.82, 2.24) is 15.1 Å². The van der Waals surface area contributed by atoms with Crippen LogP contribution < -0.4 is 5.32 Å². The normalized spacial score (nSPS) is 24.3. The predicted molar refractivity (Wildman–Crippen MR) is 76.9 cm³/mol. The number of rotatable bonds is 8. The van der Waals surface area contributed by atoms with Crippen molar-refractivity contribution in [3.63, 3.8) is 0 Å². The third kappa shape index (κ3) is 5.22. The van der Waals surface area contributed by atoms with Gasteiger partial charge in [-0.15, -0.1) is 0 Å². The highest BCUT2D eigenvalue weighted by atomic mass is 16.3. The summed E-state index contributed by atoms with van der Waals surface area (Å²) in [5, 5.41) is 12.7. The average molecular weight is 257 g/mol. The Kier molecular flexibility index (Phi) is 7.82. The van der Waals surface area contributed by atoms with E-state index >= 15 is 0 Å². The predicted octanol–water partition coefficient (Wildman–Crippen LogP) is 0.763. The largest absolute Gasteiger partial charge is 0.395 e. The van der Waals surface area contributed by atoms with Gasteiger partial charge in [-0.2, -0.15) is 0 Å². The van der Waals surface area contributed by atoms with E-state index in [0.29, 0.717) is 6.04 Å². The molecule has 0 spiro atoms. The molecule has 1 aliphatic heterocycles. The van der Waals surface area contributed by atoms with Crippen LogP contribution in [0.2, 0.25) is 0 Å². The van der Waals surface area contributed by atoms with Gasteiger partial charge in [0, 0.05) is 31.7 Å². The van der Waals surface area contributed by atoms with Gasteiger partial charge in [0.2, 0.25) is 0 Å². The summed E-state index contributed by atoms with van der Waals surface area (Å²) in [5.41, 5.74) is 0. The molecular formula is C14H31N3O. The van der Waals surface area contributed by atoms with Gasteiger partial charge in [-0.3, -0.25) is 0 Å². The Hall–Kier alpha value is -0.160. The molecule has 4 nitrogen and oxygen atoms in total. The standard InChI is InChI=1S/C14H31N3O/c1-4-7-15-13(12-18)6-8-17-10-9-16(3)14(5-2)11-17/h13-15,18H,4-12H2,1-3H3. The maximum absolute atomic E-state index is 9.33. The zero-order valence-corrected chi connectivity index (χ0v) is 12.4. The topological polar surface area (TPSA) is 38.7 Å². The summed E-state index contributed by atoms with van der Waals surface area (Å²) in [7, 11) is 2.23. The summed E-state index contributed by atoms with van der Waals surface area (Å²) < 4.78 is 0. The van der Waals surface area contributed by atoms with Crippen molar-refractivity contribution in [2.75, 3.05) is 46.4 Å². The molecule has 0 bridgehead atoms. The number of piperazine rings is 1. The Morgan fingerprint density at radius 2 is 2.11 bits per heavy atom. The van der Waals surface area contributed by atoms with Crippen molar-refractivity contribution in [2.24, 2.45) is 0 Å². The lowest BCUT2D eigenvalue weighted by Crippen LogP contribution is -2.52. The molecule has 2 unspecified atom stereocenters. The van der Waals surface area contributed by atoms with Crippen molar-refractivity contribution < 1.29 is 5.11 Å². The molecule has 2 atom stereocenters. The van der Waals surface area contributed by atoms with E-state index in [1.165, 1.54) is 26.1 Å². The van der Waals surface area contributed by atoms with Crippen molar-refractivity contribution >= 4 is 0 Å². The molecule has 1 heterocycles. The maximum atomic E-state index is 9.33. The third-order valence-electron chi connectivity index (χ3n) is 4.03. The first-order valence-corrected chi connectivity index (χ1v) is 7.48. The molecule has 1 saturated heterocycles. The molecule has 0 aromatic carbocycles. The van der Waals surface area contributed by atoms with Gasteiger partial charge in [-0.25, -0.2) is 0 Å². The fourth-order valence-corrected chi connectivity index (χ4v) is 2.60. The van der Waals surface area contributed by atoms with E-state index in [1.54, 1.807) is 0 Å². The molecule has 0 aliphatic carbocycles. The van der Waals surface area contributed by atoms with Crippen LogP contribution in [0.5, 0.6) is 0 Å². The molecule has 1 fully saturated rings. The van der Waals surface area contributed by atoms with E-state index in [9.17, 15) is 5.11 Å². The molecule has 0 aromatic rings. The number of hydrogen-bond acceptors (Lipinski definition) is 4. The fourth-order valence-electron chi connectivity index (χ4n) is 2.60. The van der Waals surface area contributed by atoms with E-state index in [4.69, 9.17) is 0 Å². The monoisotopic (exact) mass is 257 g/mol. The summed E-state index contributed by atoms with van der Waals surface area (Å²) in [6.45, 7) is 10.3. The molecule has 18 heavy (non-hydrogen) atoms. The van der Waals surface area contributed by atoms with E-state index < -0.39 is 0 Å². The summed E-state index contributed by atoms with van der Waals surface area (Å²) in [6, 6.07) is 0.972. The Labute approximate surface area is 112 Å². The number of hydrogen-bond donors (Lipinski definition) is 2. The zero-order valence-electron chi connectivity index (χ0n) is 12.4. The number of nitrogens with zero attached hydrogens (tertiary/aromatic N) is 2. The van der Waals surface area contributed by atoms with Gasteiger partial charge in [-0.05, 0) is 39.4 Å². The first-order chi connectivity index (χ1) is 8.71. The Morgan fingerprint density at radius 3 is 2.72 bits per heavy atom. The van der Waals surface area contributed by atoms with Crippen LogP contribution in [-0.2, 0) is 0 Å². The minimum absolute atomic E-state index is 0.255. The fraction of sp³-hybridized carbons (Fsp3) is 1.00. The van der Waals surface area contributed by atoms with Gasteiger partial charge in [0.05, 0.1) is 6.61 Å². The van der Waals surface area contributed by atoms with Crippen LogP contribution in [0.4, 0.5) is 0 Å². The lowest BCUT2D eigenvalue weighted by Gasteiger charge is -2.39. The number of aliphatic hydroxyl groups excluding tert-OH is 1. The minimum atomic E-state index is 0.255. The first kappa shape index (κ1) is 15.9. The van der Waals surface area contributed by atoms with Crippen LogP contribution in [-0.4, -0.2) is 73.4 Å². The van der Waals surface area contributed by atoms with E-state index in [2.05, 4.69) is 36.0 Å². The van der Waals surface area contributed by atoms with Crippen LogP contribution in [0.1, 0.15) is 33.1 Å². The SMILES string of the molecule is CCCNC(CO)CCN1CCN(C)C(CC)C1. The third-order valence-corrected chi connectivity index (χ3v) is 4.03. The molecule has 0 aromatic heterocycles. The quantitative estimate of drug-likeness (QED) is 0.673.